The predicted octanol–water partition coefficient (Wildman–Crippen LogP) is 3.23. The zero-order chi connectivity index (χ0) is 20.0. The molecule has 27 heavy (non-hydrogen) atoms. The number of carbonyl (C=O) groups is 1. The lowest BCUT2D eigenvalue weighted by molar-refractivity contribution is -0.149. The Balaban J connectivity index is 1.89. The maximum absolute atomic E-state index is 13.3. The molecule has 150 valence electrons. The number of alkyl halides is 6. The third-order valence-corrected chi connectivity index (χ3v) is 4.51. The largest absolute Gasteiger partial charge is 0.444 e. The number of hydrogen-bond acceptors (Lipinski definition) is 6. The number of cyclic esters (lactones) is 1. The Hall–Kier alpha value is -2.09. The van der Waals surface area contributed by atoms with Gasteiger partial charge >= 0.3 is 18.4 Å². The van der Waals surface area contributed by atoms with E-state index in [0.29, 0.717) is 5.01 Å². The third kappa shape index (κ3) is 4.26. The normalized spacial score (nSPS) is 18.6. The Labute approximate surface area is 151 Å². The van der Waals surface area contributed by atoms with E-state index in [9.17, 15) is 31.1 Å². The Morgan fingerprint density at radius 3 is 2.59 bits per heavy atom. The van der Waals surface area contributed by atoms with Crippen LogP contribution in [0.4, 0.5) is 31.1 Å². The third-order valence-electron chi connectivity index (χ3n) is 3.62. The summed E-state index contributed by atoms with van der Waals surface area (Å²) in [6, 6.07) is 0. The molecule has 1 aliphatic heterocycles. The van der Waals surface area contributed by atoms with E-state index in [4.69, 9.17) is 4.74 Å². The first-order valence-electron chi connectivity index (χ1n) is 7.43. The molecule has 1 saturated heterocycles. The van der Waals surface area contributed by atoms with Crippen LogP contribution in [0.15, 0.2) is 0 Å². The average Bonchev–Trinajstić information content (AvgIpc) is 3.12. The fraction of sp³-hybridized carbons (Fsp3) is 0.615. The molecule has 2 aromatic rings. The van der Waals surface area contributed by atoms with Crippen LogP contribution in [0.25, 0.3) is 4.96 Å². The monoisotopic (exact) mass is 418 g/mol. The number of ether oxygens (including phenoxy) is 2. The molecule has 1 amide bonds. The average molecular weight is 418 g/mol. The molecule has 3 heterocycles. The van der Waals surface area contributed by atoms with Crippen molar-refractivity contribution < 1.29 is 40.6 Å². The van der Waals surface area contributed by atoms with Crippen LogP contribution < -0.4 is 0 Å². The molecule has 3 rings (SSSR count). The van der Waals surface area contributed by atoms with Gasteiger partial charge in [-0.2, -0.15) is 31.4 Å². The summed E-state index contributed by atoms with van der Waals surface area (Å²) < 4.78 is 87.6. The molecule has 0 bridgehead atoms. The molecule has 0 aromatic carbocycles. The molecule has 0 N–H and O–H groups in total. The Morgan fingerprint density at radius 2 is 2.00 bits per heavy atom. The highest BCUT2D eigenvalue weighted by Gasteiger charge is 2.43. The Kier molecular flexibility index (Phi) is 4.96. The number of rotatable bonds is 5. The molecule has 1 fully saturated rings. The minimum Gasteiger partial charge on any atom is -0.444 e. The van der Waals surface area contributed by atoms with Crippen LogP contribution >= 0.6 is 11.3 Å². The van der Waals surface area contributed by atoms with Gasteiger partial charge in [-0.1, -0.05) is 11.3 Å². The van der Waals surface area contributed by atoms with Gasteiger partial charge in [0.15, 0.2) is 5.69 Å². The molecule has 1 unspecified atom stereocenters. The van der Waals surface area contributed by atoms with Crippen molar-refractivity contribution in [2.75, 3.05) is 13.7 Å². The van der Waals surface area contributed by atoms with Crippen LogP contribution in [-0.4, -0.2) is 51.5 Å². The van der Waals surface area contributed by atoms with Gasteiger partial charge in [-0.15, -0.1) is 0 Å². The second-order valence-electron chi connectivity index (χ2n) is 5.73. The number of amides is 1. The Morgan fingerprint density at radius 1 is 1.30 bits per heavy atom. The number of nitrogens with zero attached hydrogens (tertiary/aromatic N) is 4. The molecule has 14 heteroatoms. The fourth-order valence-electron chi connectivity index (χ4n) is 2.63. The van der Waals surface area contributed by atoms with E-state index >= 15 is 0 Å². The quantitative estimate of drug-likeness (QED) is 0.698. The molecule has 7 nitrogen and oxygen atoms in total. The molecular formula is C13H12F6N4O3S. The molecule has 2 aromatic heterocycles. The van der Waals surface area contributed by atoms with Gasteiger partial charge in [0.1, 0.15) is 11.1 Å². The number of methoxy groups -OCH3 is 1. The maximum Gasteiger partial charge on any atom is 0.435 e. The highest BCUT2D eigenvalue weighted by atomic mass is 32.1. The summed E-state index contributed by atoms with van der Waals surface area (Å²) in [7, 11) is 1.38. The van der Waals surface area contributed by atoms with Crippen LogP contribution in [0.5, 0.6) is 0 Å². The topological polar surface area (TPSA) is 69.0 Å². The van der Waals surface area contributed by atoms with Crippen LogP contribution in [0.2, 0.25) is 0 Å². The van der Waals surface area contributed by atoms with Crippen molar-refractivity contribution in [2.45, 2.75) is 38.0 Å². The van der Waals surface area contributed by atoms with Crippen molar-refractivity contribution in [2.24, 2.45) is 0 Å². The van der Waals surface area contributed by atoms with Gasteiger partial charge in [-0.25, -0.2) is 14.3 Å². The van der Waals surface area contributed by atoms with Gasteiger partial charge in [-0.3, -0.25) is 4.90 Å². The zero-order valence-electron chi connectivity index (χ0n) is 13.6. The lowest BCUT2D eigenvalue weighted by atomic mass is 10.2. The number of hydrogen-bond donors (Lipinski definition) is 0. The van der Waals surface area contributed by atoms with Crippen LogP contribution in [-0.2, 0) is 28.8 Å². The summed E-state index contributed by atoms with van der Waals surface area (Å²) >= 11 is 0.872. The molecule has 0 saturated carbocycles. The van der Waals surface area contributed by atoms with Crippen molar-refractivity contribution in [3.05, 3.63) is 16.4 Å². The zero-order valence-corrected chi connectivity index (χ0v) is 14.4. The standard InChI is InChI=1S/C13H12F6N4O3S/c1-25-5-8-21-23-7(9(13(17,18)19)20-10(23)27-8)4-22-3-6(26-11(22)24)2-12(14,15)16/h6H,2-5H2,1H3. The number of imidazole rings is 1. The summed E-state index contributed by atoms with van der Waals surface area (Å²) in [4.78, 5) is 16.0. The van der Waals surface area contributed by atoms with Gasteiger partial charge in [0.25, 0.3) is 0 Å². The van der Waals surface area contributed by atoms with Crippen molar-refractivity contribution >= 4 is 22.4 Å². The molecule has 1 aliphatic rings. The minimum absolute atomic E-state index is 0.0498. The fourth-order valence-corrected chi connectivity index (χ4v) is 3.51. The molecule has 0 radical (unpaired) electrons. The van der Waals surface area contributed by atoms with E-state index in [1.807, 2.05) is 0 Å². The van der Waals surface area contributed by atoms with Crippen LogP contribution in [0, 0.1) is 0 Å². The van der Waals surface area contributed by atoms with Crippen molar-refractivity contribution in [1.82, 2.24) is 19.5 Å². The van der Waals surface area contributed by atoms with E-state index in [2.05, 4.69) is 14.8 Å². The molecule has 0 aliphatic carbocycles. The summed E-state index contributed by atoms with van der Waals surface area (Å²) in [5, 5.41) is 4.33. The van der Waals surface area contributed by atoms with Crippen LogP contribution in [0.1, 0.15) is 22.8 Å². The molecule has 1 atom stereocenters. The van der Waals surface area contributed by atoms with Gasteiger partial charge in [0.05, 0.1) is 31.8 Å². The van der Waals surface area contributed by atoms with E-state index < -0.39 is 55.4 Å². The number of aromatic nitrogens is 3. The summed E-state index contributed by atoms with van der Waals surface area (Å²) in [5.74, 6) is 0. The maximum atomic E-state index is 13.3. The van der Waals surface area contributed by atoms with E-state index in [1.54, 1.807) is 0 Å². The lowest BCUT2D eigenvalue weighted by Gasteiger charge is -2.14. The second-order valence-corrected chi connectivity index (χ2v) is 6.77. The smallest absolute Gasteiger partial charge is 0.435 e. The minimum atomic E-state index is -4.82. The van der Waals surface area contributed by atoms with Crippen molar-refractivity contribution in [1.29, 1.82) is 0 Å². The first-order chi connectivity index (χ1) is 12.5. The van der Waals surface area contributed by atoms with Gasteiger partial charge in [0.2, 0.25) is 4.96 Å². The van der Waals surface area contributed by atoms with Gasteiger partial charge < -0.3 is 9.47 Å². The predicted molar refractivity (Wildman–Crippen MR) is 77.9 cm³/mol. The lowest BCUT2D eigenvalue weighted by Crippen LogP contribution is -2.28. The highest BCUT2D eigenvalue weighted by Crippen LogP contribution is 2.35. The van der Waals surface area contributed by atoms with Crippen molar-refractivity contribution in [3.63, 3.8) is 0 Å². The molecule has 0 spiro atoms. The van der Waals surface area contributed by atoms with Crippen molar-refractivity contribution in [3.8, 4) is 0 Å². The van der Waals surface area contributed by atoms with E-state index in [0.717, 1.165) is 20.8 Å². The highest BCUT2D eigenvalue weighted by molar-refractivity contribution is 7.16. The number of carbonyl (C=O) groups excluding carboxylic acids is 1. The Bertz CT molecular complexity index is 846. The number of fused-ring (bicyclic) bond motifs is 1. The SMILES string of the molecule is COCc1nn2c(CN3CC(CC(F)(F)F)OC3=O)c(C(F)(F)F)nc2s1. The van der Waals surface area contributed by atoms with Gasteiger partial charge in [-0.05, 0) is 0 Å². The van der Waals surface area contributed by atoms with Crippen LogP contribution in [0.3, 0.4) is 0 Å². The van der Waals surface area contributed by atoms with Gasteiger partial charge in [0, 0.05) is 7.11 Å². The first kappa shape index (κ1) is 19.7. The first-order valence-corrected chi connectivity index (χ1v) is 8.25. The summed E-state index contributed by atoms with van der Waals surface area (Å²) in [6.45, 7) is -1.08. The number of halogens is 6. The van der Waals surface area contributed by atoms with E-state index in [-0.39, 0.29) is 11.6 Å². The van der Waals surface area contributed by atoms with E-state index in [1.165, 1.54) is 7.11 Å². The molecular weight excluding hydrogens is 406 g/mol. The summed E-state index contributed by atoms with van der Waals surface area (Å²) in [6.07, 6.45) is -13.4. The summed E-state index contributed by atoms with van der Waals surface area (Å²) in [5.41, 5.74) is -1.71. The second kappa shape index (κ2) is 6.82.